The lowest BCUT2D eigenvalue weighted by molar-refractivity contribution is -0.183. The van der Waals surface area contributed by atoms with Crippen LogP contribution in [-0.2, 0) is 9.47 Å². The maximum atomic E-state index is 5.67. The molecule has 0 aromatic rings. The van der Waals surface area contributed by atoms with Crippen LogP contribution < -0.4 is 5.32 Å². The zero-order chi connectivity index (χ0) is 12.1. The van der Waals surface area contributed by atoms with Gasteiger partial charge in [0.05, 0.1) is 0 Å². The van der Waals surface area contributed by atoms with E-state index in [4.69, 9.17) is 9.47 Å². The van der Waals surface area contributed by atoms with E-state index in [9.17, 15) is 0 Å². The fourth-order valence-corrected chi connectivity index (χ4v) is 2.31. The second kappa shape index (κ2) is 5.67. The first-order valence-electron chi connectivity index (χ1n) is 6.34. The van der Waals surface area contributed by atoms with Crippen LogP contribution in [-0.4, -0.2) is 50.6 Å². The molecule has 1 saturated heterocycles. The molecule has 0 amide bonds. The monoisotopic (exact) mass is 238 g/mol. The fraction of sp³-hybridized carbons (Fsp3) is 0.692. The van der Waals surface area contributed by atoms with Crippen molar-refractivity contribution >= 4 is 0 Å². The molecule has 1 unspecified atom stereocenters. The van der Waals surface area contributed by atoms with Crippen LogP contribution in [0.15, 0.2) is 23.9 Å². The lowest BCUT2D eigenvalue weighted by atomic mass is 10.0. The van der Waals surface area contributed by atoms with Gasteiger partial charge in [-0.25, -0.2) is 0 Å². The predicted molar refractivity (Wildman–Crippen MR) is 67.6 cm³/mol. The summed E-state index contributed by atoms with van der Waals surface area (Å²) in [5.74, 6) is -0.549. The Bertz CT molecular complexity index is 309. The molecule has 4 heteroatoms. The second-order valence-corrected chi connectivity index (χ2v) is 4.35. The molecule has 2 aliphatic rings. The maximum absolute atomic E-state index is 5.67. The quantitative estimate of drug-likeness (QED) is 0.744. The average molecular weight is 238 g/mol. The SMILES string of the molecule is CCOC1(OC)C=CC(N2CCNCC2)=CC1. The van der Waals surface area contributed by atoms with Crippen molar-refractivity contribution in [2.75, 3.05) is 39.9 Å². The van der Waals surface area contributed by atoms with Crippen LogP contribution in [0.2, 0.25) is 0 Å². The highest BCUT2D eigenvalue weighted by Crippen LogP contribution is 2.27. The lowest BCUT2D eigenvalue weighted by Crippen LogP contribution is -2.43. The van der Waals surface area contributed by atoms with Crippen molar-refractivity contribution in [3.05, 3.63) is 23.9 Å². The lowest BCUT2D eigenvalue weighted by Gasteiger charge is -2.35. The highest BCUT2D eigenvalue weighted by atomic mass is 16.7. The van der Waals surface area contributed by atoms with Crippen molar-refractivity contribution in [1.29, 1.82) is 0 Å². The van der Waals surface area contributed by atoms with E-state index in [-0.39, 0.29) is 0 Å². The summed E-state index contributed by atoms with van der Waals surface area (Å²) in [4.78, 5) is 2.40. The molecule has 4 nitrogen and oxygen atoms in total. The van der Waals surface area contributed by atoms with Gasteiger partial charge in [-0.05, 0) is 19.1 Å². The molecule has 0 spiro atoms. The Labute approximate surface area is 103 Å². The number of hydrogen-bond acceptors (Lipinski definition) is 4. The highest BCUT2D eigenvalue weighted by Gasteiger charge is 2.29. The van der Waals surface area contributed by atoms with Gasteiger partial charge in [0.1, 0.15) is 0 Å². The van der Waals surface area contributed by atoms with Crippen LogP contribution in [0.25, 0.3) is 0 Å². The largest absolute Gasteiger partial charge is 0.369 e. The molecule has 1 aliphatic carbocycles. The van der Waals surface area contributed by atoms with Gasteiger partial charge in [0.2, 0.25) is 0 Å². The third kappa shape index (κ3) is 2.89. The maximum Gasteiger partial charge on any atom is 0.191 e. The number of ether oxygens (including phenoxy) is 2. The van der Waals surface area contributed by atoms with E-state index in [1.807, 2.05) is 13.0 Å². The molecule has 17 heavy (non-hydrogen) atoms. The fourth-order valence-electron chi connectivity index (χ4n) is 2.31. The molecule has 0 radical (unpaired) electrons. The van der Waals surface area contributed by atoms with E-state index in [2.05, 4.69) is 22.4 Å². The van der Waals surface area contributed by atoms with Crippen molar-refractivity contribution in [3.63, 3.8) is 0 Å². The molecule has 96 valence electrons. The third-order valence-corrected chi connectivity index (χ3v) is 3.32. The first-order valence-corrected chi connectivity index (χ1v) is 6.34. The summed E-state index contributed by atoms with van der Waals surface area (Å²) in [6.07, 6.45) is 7.15. The number of allylic oxidation sites excluding steroid dienone is 1. The molecule has 0 aromatic carbocycles. The Morgan fingerprint density at radius 1 is 1.41 bits per heavy atom. The van der Waals surface area contributed by atoms with Gasteiger partial charge in [0.25, 0.3) is 0 Å². The van der Waals surface area contributed by atoms with Gasteiger partial charge in [0, 0.05) is 52.0 Å². The molecule has 0 aromatic heterocycles. The highest BCUT2D eigenvalue weighted by molar-refractivity contribution is 5.26. The zero-order valence-corrected chi connectivity index (χ0v) is 10.7. The first-order chi connectivity index (χ1) is 8.29. The summed E-state index contributed by atoms with van der Waals surface area (Å²) in [6, 6.07) is 0. The molecule has 1 fully saturated rings. The van der Waals surface area contributed by atoms with Gasteiger partial charge < -0.3 is 19.7 Å². The number of nitrogens with one attached hydrogen (secondary N) is 1. The number of nitrogens with zero attached hydrogens (tertiary/aromatic N) is 1. The van der Waals surface area contributed by atoms with E-state index < -0.39 is 5.79 Å². The van der Waals surface area contributed by atoms with Crippen molar-refractivity contribution < 1.29 is 9.47 Å². The molecule has 1 aliphatic heterocycles. The van der Waals surface area contributed by atoms with Gasteiger partial charge in [-0.3, -0.25) is 0 Å². The summed E-state index contributed by atoms with van der Waals surface area (Å²) in [7, 11) is 1.70. The molecule has 1 heterocycles. The van der Waals surface area contributed by atoms with Crippen LogP contribution in [0.4, 0.5) is 0 Å². The van der Waals surface area contributed by atoms with Gasteiger partial charge in [-0.1, -0.05) is 6.08 Å². The van der Waals surface area contributed by atoms with E-state index in [0.29, 0.717) is 6.61 Å². The van der Waals surface area contributed by atoms with Gasteiger partial charge in [0.15, 0.2) is 5.79 Å². The van der Waals surface area contributed by atoms with Crippen LogP contribution in [0.3, 0.4) is 0 Å². The summed E-state index contributed by atoms with van der Waals surface area (Å²) in [5.41, 5.74) is 1.29. The minimum Gasteiger partial charge on any atom is -0.369 e. The molecule has 1 N–H and O–H groups in total. The van der Waals surface area contributed by atoms with Crippen molar-refractivity contribution in [1.82, 2.24) is 10.2 Å². The minimum absolute atomic E-state index is 0.549. The number of hydrogen-bond donors (Lipinski definition) is 1. The summed E-state index contributed by atoms with van der Waals surface area (Å²) in [5, 5.41) is 3.36. The normalized spacial score (nSPS) is 29.3. The summed E-state index contributed by atoms with van der Waals surface area (Å²) < 4.78 is 11.1. The van der Waals surface area contributed by atoms with E-state index >= 15 is 0 Å². The number of piperazine rings is 1. The molecular formula is C13H22N2O2. The van der Waals surface area contributed by atoms with Crippen molar-refractivity contribution in [2.24, 2.45) is 0 Å². The first kappa shape index (κ1) is 12.6. The van der Waals surface area contributed by atoms with Crippen molar-refractivity contribution in [2.45, 2.75) is 19.1 Å². The van der Waals surface area contributed by atoms with E-state index in [1.165, 1.54) is 5.70 Å². The Hall–Kier alpha value is -0.840. The van der Waals surface area contributed by atoms with Gasteiger partial charge >= 0.3 is 0 Å². The van der Waals surface area contributed by atoms with Gasteiger partial charge in [-0.15, -0.1) is 0 Å². The second-order valence-electron chi connectivity index (χ2n) is 4.35. The Morgan fingerprint density at radius 2 is 2.18 bits per heavy atom. The van der Waals surface area contributed by atoms with Crippen LogP contribution >= 0.6 is 0 Å². The smallest absolute Gasteiger partial charge is 0.191 e. The Balaban J connectivity index is 1.99. The van der Waals surface area contributed by atoms with Crippen LogP contribution in [0, 0.1) is 0 Å². The van der Waals surface area contributed by atoms with Crippen molar-refractivity contribution in [3.8, 4) is 0 Å². The molecule has 2 rings (SSSR count). The zero-order valence-electron chi connectivity index (χ0n) is 10.7. The van der Waals surface area contributed by atoms with Gasteiger partial charge in [-0.2, -0.15) is 0 Å². The number of methoxy groups -OCH3 is 1. The van der Waals surface area contributed by atoms with E-state index in [0.717, 1.165) is 32.6 Å². The molecular weight excluding hydrogens is 216 g/mol. The molecule has 0 bridgehead atoms. The van der Waals surface area contributed by atoms with Crippen LogP contribution in [0.5, 0.6) is 0 Å². The summed E-state index contributed by atoms with van der Waals surface area (Å²) >= 11 is 0. The van der Waals surface area contributed by atoms with Crippen LogP contribution in [0.1, 0.15) is 13.3 Å². The average Bonchev–Trinajstić information content (AvgIpc) is 2.41. The molecule has 0 saturated carbocycles. The number of rotatable bonds is 4. The third-order valence-electron chi connectivity index (χ3n) is 3.32. The Morgan fingerprint density at radius 3 is 2.71 bits per heavy atom. The Kier molecular flexibility index (Phi) is 4.20. The summed E-state index contributed by atoms with van der Waals surface area (Å²) in [6.45, 7) is 6.92. The topological polar surface area (TPSA) is 33.7 Å². The minimum atomic E-state index is -0.549. The standard InChI is InChI=1S/C13H22N2O2/c1-3-17-13(16-2)6-4-12(5-7-13)15-10-8-14-9-11-15/h4-6,14H,3,7-11H2,1-2H3. The predicted octanol–water partition coefficient (Wildman–Crippen LogP) is 1.11. The molecule has 1 atom stereocenters. The van der Waals surface area contributed by atoms with E-state index in [1.54, 1.807) is 7.11 Å².